The first-order valence-corrected chi connectivity index (χ1v) is 6.48. The molecule has 98 valence electrons. The van der Waals surface area contributed by atoms with Crippen LogP contribution in [0, 0.1) is 11.3 Å². The molecule has 3 rings (SSSR count). The number of benzene rings is 2. The van der Waals surface area contributed by atoms with Gasteiger partial charge in [0.05, 0.1) is 11.3 Å². The normalized spacial score (nSPS) is 13.6. The van der Waals surface area contributed by atoms with Crippen LogP contribution < -0.4 is 10.3 Å². The molecule has 0 unspecified atom stereocenters. The van der Waals surface area contributed by atoms with Crippen molar-refractivity contribution in [3.63, 3.8) is 0 Å². The minimum atomic E-state index is 0.598. The fourth-order valence-corrected chi connectivity index (χ4v) is 2.29. The van der Waals surface area contributed by atoms with Crippen molar-refractivity contribution in [3.8, 4) is 6.07 Å². The van der Waals surface area contributed by atoms with E-state index < -0.39 is 0 Å². The average Bonchev–Trinajstić information content (AvgIpc) is 2.96. The molecule has 0 saturated carbocycles. The standard InChI is InChI=1S/C16H14N4/c17-11-14-8-4-5-9-15(14)20-12-18-19-16(20)10-13-6-2-1-3-7-13/h1-9,18H,10,12H2. The van der Waals surface area contributed by atoms with Crippen molar-refractivity contribution in [2.75, 3.05) is 11.6 Å². The van der Waals surface area contributed by atoms with Gasteiger partial charge < -0.3 is 4.90 Å². The van der Waals surface area contributed by atoms with Gasteiger partial charge in [0.15, 0.2) is 0 Å². The number of hydrazone groups is 1. The molecule has 1 N–H and O–H groups in total. The number of amidine groups is 1. The summed E-state index contributed by atoms with van der Waals surface area (Å²) in [6, 6.07) is 20.0. The Kier molecular flexibility index (Phi) is 3.34. The largest absolute Gasteiger partial charge is 0.307 e. The molecule has 0 amide bonds. The van der Waals surface area contributed by atoms with E-state index in [4.69, 9.17) is 0 Å². The third-order valence-electron chi connectivity index (χ3n) is 3.27. The van der Waals surface area contributed by atoms with E-state index in [-0.39, 0.29) is 0 Å². The monoisotopic (exact) mass is 262 g/mol. The van der Waals surface area contributed by atoms with Crippen LogP contribution in [0.15, 0.2) is 59.7 Å². The summed E-state index contributed by atoms with van der Waals surface area (Å²) in [5, 5.41) is 13.6. The molecule has 1 aliphatic heterocycles. The number of nitrogens with zero attached hydrogens (tertiary/aromatic N) is 3. The fourth-order valence-electron chi connectivity index (χ4n) is 2.29. The van der Waals surface area contributed by atoms with Crippen LogP contribution in [-0.4, -0.2) is 12.5 Å². The molecule has 0 aliphatic carbocycles. The quantitative estimate of drug-likeness (QED) is 0.924. The third-order valence-corrected chi connectivity index (χ3v) is 3.27. The molecular weight excluding hydrogens is 248 g/mol. The predicted molar refractivity (Wildman–Crippen MR) is 79.2 cm³/mol. The second-order valence-electron chi connectivity index (χ2n) is 4.56. The van der Waals surface area contributed by atoms with Crippen molar-refractivity contribution >= 4 is 11.5 Å². The molecule has 0 radical (unpaired) electrons. The van der Waals surface area contributed by atoms with Crippen molar-refractivity contribution in [1.82, 2.24) is 5.43 Å². The van der Waals surface area contributed by atoms with Crippen molar-refractivity contribution in [2.45, 2.75) is 6.42 Å². The Bertz CT molecular complexity index is 670. The maximum Gasteiger partial charge on any atom is 0.135 e. The lowest BCUT2D eigenvalue weighted by Gasteiger charge is -2.20. The molecule has 0 atom stereocenters. The molecule has 0 fully saturated rings. The minimum Gasteiger partial charge on any atom is -0.307 e. The van der Waals surface area contributed by atoms with Gasteiger partial charge in [-0.2, -0.15) is 10.4 Å². The molecule has 0 aromatic heterocycles. The first-order valence-electron chi connectivity index (χ1n) is 6.48. The first kappa shape index (κ1) is 12.2. The lowest BCUT2D eigenvalue weighted by Crippen LogP contribution is -2.31. The summed E-state index contributed by atoms with van der Waals surface area (Å²) in [5.41, 5.74) is 5.76. The summed E-state index contributed by atoms with van der Waals surface area (Å²) >= 11 is 0. The maximum atomic E-state index is 9.22. The van der Waals surface area contributed by atoms with Crippen molar-refractivity contribution in [2.24, 2.45) is 5.10 Å². The minimum absolute atomic E-state index is 0.598. The summed E-state index contributed by atoms with van der Waals surface area (Å²) in [7, 11) is 0. The summed E-state index contributed by atoms with van der Waals surface area (Å²) in [5.74, 6) is 0.930. The lowest BCUT2D eigenvalue weighted by atomic mass is 10.1. The van der Waals surface area contributed by atoms with Gasteiger partial charge in [-0.1, -0.05) is 42.5 Å². The van der Waals surface area contributed by atoms with Gasteiger partial charge in [-0.25, -0.2) is 0 Å². The molecule has 0 saturated heterocycles. The number of nitrogens with one attached hydrogen (secondary N) is 1. The molecule has 0 spiro atoms. The van der Waals surface area contributed by atoms with Crippen LogP contribution in [0.1, 0.15) is 11.1 Å². The Balaban J connectivity index is 1.88. The molecule has 2 aromatic carbocycles. The van der Waals surface area contributed by atoms with Gasteiger partial charge >= 0.3 is 0 Å². The van der Waals surface area contributed by atoms with Crippen molar-refractivity contribution < 1.29 is 0 Å². The van der Waals surface area contributed by atoms with Crippen LogP contribution in [0.2, 0.25) is 0 Å². The molecule has 2 aromatic rings. The Morgan fingerprint density at radius 3 is 2.65 bits per heavy atom. The zero-order valence-corrected chi connectivity index (χ0v) is 11.0. The molecule has 0 bridgehead atoms. The highest BCUT2D eigenvalue weighted by Crippen LogP contribution is 2.22. The summed E-state index contributed by atoms with van der Waals surface area (Å²) < 4.78 is 0. The fraction of sp³-hybridized carbons (Fsp3) is 0.125. The van der Waals surface area contributed by atoms with E-state index in [9.17, 15) is 5.26 Å². The van der Waals surface area contributed by atoms with Crippen LogP contribution in [0.3, 0.4) is 0 Å². The van der Waals surface area contributed by atoms with E-state index in [2.05, 4.69) is 28.7 Å². The molecular formula is C16H14N4. The van der Waals surface area contributed by atoms with Crippen LogP contribution >= 0.6 is 0 Å². The number of anilines is 1. The Morgan fingerprint density at radius 1 is 1.10 bits per heavy atom. The Morgan fingerprint density at radius 2 is 1.85 bits per heavy atom. The molecule has 4 nitrogen and oxygen atoms in total. The number of nitriles is 1. The summed E-state index contributed by atoms with van der Waals surface area (Å²) in [6.45, 7) is 0.598. The highest BCUT2D eigenvalue weighted by molar-refractivity contribution is 6.01. The zero-order valence-electron chi connectivity index (χ0n) is 11.0. The SMILES string of the molecule is N#Cc1ccccc1N1CNN=C1Cc1ccccc1. The van der Waals surface area contributed by atoms with E-state index in [1.165, 1.54) is 5.56 Å². The van der Waals surface area contributed by atoms with Crippen molar-refractivity contribution in [3.05, 3.63) is 65.7 Å². The van der Waals surface area contributed by atoms with Gasteiger partial charge in [0.1, 0.15) is 18.6 Å². The van der Waals surface area contributed by atoms with Gasteiger partial charge in [0, 0.05) is 6.42 Å². The topological polar surface area (TPSA) is 51.4 Å². The molecule has 1 aliphatic rings. The highest BCUT2D eigenvalue weighted by atomic mass is 15.5. The number of rotatable bonds is 3. The number of para-hydroxylation sites is 1. The molecule has 1 heterocycles. The Labute approximate surface area is 118 Å². The van der Waals surface area contributed by atoms with Crippen LogP contribution in [0.5, 0.6) is 0 Å². The molecule has 20 heavy (non-hydrogen) atoms. The smallest absolute Gasteiger partial charge is 0.135 e. The van der Waals surface area contributed by atoms with Crippen LogP contribution in [-0.2, 0) is 6.42 Å². The number of hydrogen-bond donors (Lipinski definition) is 1. The van der Waals surface area contributed by atoms with E-state index in [1.54, 1.807) is 0 Å². The average molecular weight is 262 g/mol. The van der Waals surface area contributed by atoms with Gasteiger partial charge in [0.25, 0.3) is 0 Å². The first-order chi connectivity index (χ1) is 9.88. The summed E-state index contributed by atoms with van der Waals surface area (Å²) in [4.78, 5) is 2.05. The second-order valence-corrected chi connectivity index (χ2v) is 4.56. The Hall–Kier alpha value is -2.80. The highest BCUT2D eigenvalue weighted by Gasteiger charge is 2.21. The third kappa shape index (κ3) is 2.34. The van der Waals surface area contributed by atoms with E-state index in [0.29, 0.717) is 12.2 Å². The second kappa shape index (κ2) is 5.45. The van der Waals surface area contributed by atoms with Gasteiger partial charge in [-0.3, -0.25) is 5.43 Å². The number of hydrogen-bond acceptors (Lipinski definition) is 4. The lowest BCUT2D eigenvalue weighted by molar-refractivity contribution is 0.807. The van der Waals surface area contributed by atoms with E-state index in [0.717, 1.165) is 17.9 Å². The zero-order chi connectivity index (χ0) is 13.8. The maximum absolute atomic E-state index is 9.22. The summed E-state index contributed by atoms with van der Waals surface area (Å²) in [6.07, 6.45) is 0.744. The predicted octanol–water partition coefficient (Wildman–Crippen LogP) is 2.48. The van der Waals surface area contributed by atoms with Gasteiger partial charge in [0.2, 0.25) is 0 Å². The van der Waals surface area contributed by atoms with Gasteiger partial charge in [-0.15, -0.1) is 0 Å². The van der Waals surface area contributed by atoms with E-state index >= 15 is 0 Å². The van der Waals surface area contributed by atoms with Crippen molar-refractivity contribution in [1.29, 1.82) is 5.26 Å². The molecule has 4 heteroatoms. The van der Waals surface area contributed by atoms with Crippen LogP contribution in [0.25, 0.3) is 0 Å². The van der Waals surface area contributed by atoms with E-state index in [1.807, 2.05) is 47.4 Å². The van der Waals surface area contributed by atoms with Gasteiger partial charge in [-0.05, 0) is 17.7 Å². The van der Waals surface area contributed by atoms with Crippen LogP contribution in [0.4, 0.5) is 5.69 Å².